The molecule has 0 aliphatic carbocycles. The Bertz CT molecular complexity index is 732. The SMILES string of the molecule is O=C(N[C@@H](Cc1ccccc1F)C(=O)O)c1cc(Br)cc(Br)c1. The number of hydrogen-bond acceptors (Lipinski definition) is 2. The summed E-state index contributed by atoms with van der Waals surface area (Å²) < 4.78 is 15.0. The third kappa shape index (κ3) is 4.87. The second kappa shape index (κ2) is 7.70. The van der Waals surface area contributed by atoms with Gasteiger partial charge in [0.05, 0.1) is 0 Å². The predicted octanol–water partition coefficient (Wildman–Crippen LogP) is 3.78. The number of benzene rings is 2. The van der Waals surface area contributed by atoms with Crippen molar-refractivity contribution in [3.8, 4) is 0 Å². The molecule has 0 heterocycles. The molecular formula is C16H12Br2FNO3. The molecule has 7 heteroatoms. The molecule has 0 fully saturated rings. The van der Waals surface area contributed by atoms with Crippen LogP contribution in [0, 0.1) is 5.82 Å². The van der Waals surface area contributed by atoms with Gasteiger partial charge in [-0.05, 0) is 29.8 Å². The zero-order valence-electron chi connectivity index (χ0n) is 11.7. The summed E-state index contributed by atoms with van der Waals surface area (Å²) in [6, 6.07) is 9.55. The first-order valence-corrected chi connectivity index (χ1v) is 8.18. The van der Waals surface area contributed by atoms with Gasteiger partial charge in [-0.25, -0.2) is 9.18 Å². The molecular weight excluding hydrogens is 433 g/mol. The second-order valence-electron chi connectivity index (χ2n) is 4.82. The Morgan fingerprint density at radius 2 is 1.74 bits per heavy atom. The molecule has 2 N–H and O–H groups in total. The highest BCUT2D eigenvalue weighted by Crippen LogP contribution is 2.20. The first kappa shape index (κ1) is 17.6. The van der Waals surface area contributed by atoms with Crippen LogP contribution in [-0.2, 0) is 11.2 Å². The number of aliphatic carboxylic acids is 1. The fraction of sp³-hybridized carbons (Fsp3) is 0.125. The second-order valence-corrected chi connectivity index (χ2v) is 6.65. The molecule has 0 aliphatic rings. The topological polar surface area (TPSA) is 66.4 Å². The summed E-state index contributed by atoms with van der Waals surface area (Å²) in [6.45, 7) is 0. The minimum atomic E-state index is -1.23. The molecule has 0 aliphatic heterocycles. The highest BCUT2D eigenvalue weighted by Gasteiger charge is 2.22. The maximum absolute atomic E-state index is 13.7. The van der Waals surface area contributed by atoms with Crippen molar-refractivity contribution in [2.24, 2.45) is 0 Å². The number of carbonyl (C=O) groups is 2. The normalized spacial score (nSPS) is 11.8. The summed E-state index contributed by atoms with van der Waals surface area (Å²) in [6.07, 6.45) is -0.136. The van der Waals surface area contributed by atoms with Crippen molar-refractivity contribution in [2.45, 2.75) is 12.5 Å². The van der Waals surface area contributed by atoms with E-state index in [0.29, 0.717) is 14.5 Å². The van der Waals surface area contributed by atoms with E-state index in [-0.39, 0.29) is 12.0 Å². The monoisotopic (exact) mass is 443 g/mol. The molecule has 4 nitrogen and oxygen atoms in total. The van der Waals surface area contributed by atoms with E-state index in [2.05, 4.69) is 37.2 Å². The average molecular weight is 445 g/mol. The van der Waals surface area contributed by atoms with Crippen LogP contribution in [0.5, 0.6) is 0 Å². The Morgan fingerprint density at radius 3 is 2.30 bits per heavy atom. The first-order chi connectivity index (χ1) is 10.9. The van der Waals surface area contributed by atoms with Crippen LogP contribution in [0.2, 0.25) is 0 Å². The van der Waals surface area contributed by atoms with Crippen molar-refractivity contribution in [1.82, 2.24) is 5.32 Å². The first-order valence-electron chi connectivity index (χ1n) is 6.60. The fourth-order valence-corrected chi connectivity index (χ4v) is 3.30. The number of halogens is 3. The van der Waals surface area contributed by atoms with Crippen molar-refractivity contribution in [2.75, 3.05) is 0 Å². The number of hydrogen-bond donors (Lipinski definition) is 2. The van der Waals surface area contributed by atoms with Gasteiger partial charge >= 0.3 is 5.97 Å². The van der Waals surface area contributed by atoms with Crippen molar-refractivity contribution >= 4 is 43.7 Å². The van der Waals surface area contributed by atoms with Gasteiger partial charge in [-0.3, -0.25) is 4.79 Å². The predicted molar refractivity (Wildman–Crippen MR) is 90.8 cm³/mol. The van der Waals surface area contributed by atoms with Crippen molar-refractivity contribution in [3.63, 3.8) is 0 Å². The van der Waals surface area contributed by atoms with Crippen LogP contribution in [0.1, 0.15) is 15.9 Å². The van der Waals surface area contributed by atoms with E-state index in [1.54, 1.807) is 24.3 Å². The molecule has 0 saturated heterocycles. The smallest absolute Gasteiger partial charge is 0.326 e. The van der Waals surface area contributed by atoms with Crippen LogP contribution in [-0.4, -0.2) is 23.0 Å². The van der Waals surface area contributed by atoms with Crippen LogP contribution in [0.15, 0.2) is 51.4 Å². The van der Waals surface area contributed by atoms with Crippen LogP contribution >= 0.6 is 31.9 Å². The number of nitrogens with one attached hydrogen (secondary N) is 1. The number of carbonyl (C=O) groups excluding carboxylic acids is 1. The van der Waals surface area contributed by atoms with E-state index in [1.165, 1.54) is 18.2 Å². The number of rotatable bonds is 5. The minimum Gasteiger partial charge on any atom is -0.480 e. The lowest BCUT2D eigenvalue weighted by atomic mass is 10.0. The molecule has 0 unspecified atom stereocenters. The minimum absolute atomic E-state index is 0.136. The molecule has 2 aromatic carbocycles. The van der Waals surface area contributed by atoms with E-state index in [4.69, 9.17) is 0 Å². The maximum atomic E-state index is 13.7. The van der Waals surface area contributed by atoms with Gasteiger partial charge in [0.1, 0.15) is 11.9 Å². The van der Waals surface area contributed by atoms with Crippen molar-refractivity contribution in [1.29, 1.82) is 0 Å². The lowest BCUT2D eigenvalue weighted by Crippen LogP contribution is -2.42. The molecule has 2 rings (SSSR count). The Morgan fingerprint density at radius 1 is 1.13 bits per heavy atom. The molecule has 0 aromatic heterocycles. The summed E-state index contributed by atoms with van der Waals surface area (Å²) in [5.41, 5.74) is 0.529. The summed E-state index contributed by atoms with van der Waals surface area (Å²) in [5, 5.41) is 11.7. The fourth-order valence-electron chi connectivity index (χ4n) is 2.01. The van der Waals surface area contributed by atoms with Crippen molar-refractivity contribution < 1.29 is 19.1 Å². The number of amides is 1. The van der Waals surface area contributed by atoms with Gasteiger partial charge < -0.3 is 10.4 Å². The summed E-state index contributed by atoms with van der Waals surface area (Å²) in [7, 11) is 0. The largest absolute Gasteiger partial charge is 0.480 e. The maximum Gasteiger partial charge on any atom is 0.326 e. The molecule has 0 bridgehead atoms. The van der Waals surface area contributed by atoms with Gasteiger partial charge in [0.15, 0.2) is 0 Å². The van der Waals surface area contributed by atoms with Crippen LogP contribution in [0.4, 0.5) is 4.39 Å². The van der Waals surface area contributed by atoms with Gasteiger partial charge in [0.2, 0.25) is 0 Å². The van der Waals surface area contributed by atoms with Gasteiger partial charge in [-0.1, -0.05) is 50.1 Å². The molecule has 0 spiro atoms. The highest BCUT2D eigenvalue weighted by atomic mass is 79.9. The number of carboxylic acid groups (broad SMARTS) is 1. The van der Waals surface area contributed by atoms with Gasteiger partial charge in [-0.2, -0.15) is 0 Å². The Kier molecular flexibility index (Phi) is 5.90. The molecule has 2 aromatic rings. The molecule has 0 saturated carbocycles. The van der Waals surface area contributed by atoms with E-state index in [9.17, 15) is 19.1 Å². The van der Waals surface area contributed by atoms with Crippen molar-refractivity contribution in [3.05, 3.63) is 68.4 Å². The van der Waals surface area contributed by atoms with Crippen LogP contribution < -0.4 is 5.32 Å². The molecule has 0 radical (unpaired) electrons. The Hall–Kier alpha value is -1.73. The molecule has 120 valence electrons. The highest BCUT2D eigenvalue weighted by molar-refractivity contribution is 9.11. The summed E-state index contributed by atoms with van der Waals surface area (Å²) >= 11 is 6.53. The van der Waals surface area contributed by atoms with Gasteiger partial charge in [0, 0.05) is 20.9 Å². The molecule has 23 heavy (non-hydrogen) atoms. The van der Waals surface area contributed by atoms with E-state index in [0.717, 1.165) is 0 Å². The zero-order chi connectivity index (χ0) is 17.0. The van der Waals surface area contributed by atoms with Crippen LogP contribution in [0.3, 0.4) is 0 Å². The molecule has 1 amide bonds. The average Bonchev–Trinajstić information content (AvgIpc) is 2.47. The quantitative estimate of drug-likeness (QED) is 0.737. The number of carboxylic acids is 1. The van der Waals surface area contributed by atoms with E-state index >= 15 is 0 Å². The van der Waals surface area contributed by atoms with E-state index in [1.807, 2.05) is 0 Å². The summed E-state index contributed by atoms with van der Waals surface area (Å²) in [5.74, 6) is -2.27. The molecule has 1 atom stereocenters. The third-order valence-electron chi connectivity index (χ3n) is 3.11. The Balaban J connectivity index is 2.18. The van der Waals surface area contributed by atoms with E-state index < -0.39 is 23.7 Å². The Labute approximate surface area is 149 Å². The summed E-state index contributed by atoms with van der Waals surface area (Å²) in [4.78, 5) is 23.6. The zero-order valence-corrected chi connectivity index (χ0v) is 14.9. The lowest BCUT2D eigenvalue weighted by Gasteiger charge is -2.15. The van der Waals surface area contributed by atoms with Crippen LogP contribution in [0.25, 0.3) is 0 Å². The third-order valence-corrected chi connectivity index (χ3v) is 4.03. The standard InChI is InChI=1S/C16H12Br2FNO3/c17-11-5-10(6-12(18)8-11)15(21)20-14(16(22)23)7-9-3-1-2-4-13(9)19/h1-6,8,14H,7H2,(H,20,21)(H,22,23)/t14-/m0/s1. The van der Waals surface area contributed by atoms with Gasteiger partial charge in [0.25, 0.3) is 5.91 Å². The van der Waals surface area contributed by atoms with Gasteiger partial charge in [-0.15, -0.1) is 0 Å². The lowest BCUT2D eigenvalue weighted by molar-refractivity contribution is -0.139.